The van der Waals surface area contributed by atoms with E-state index in [0.717, 1.165) is 11.3 Å². The van der Waals surface area contributed by atoms with E-state index in [1.54, 1.807) is 24.3 Å². The number of ether oxygens (including phenoxy) is 3. The molecule has 34 heavy (non-hydrogen) atoms. The molecule has 1 amide bonds. The van der Waals surface area contributed by atoms with Crippen molar-refractivity contribution < 1.29 is 23.4 Å². The number of carbonyl (C=O) groups excluding carboxylic acids is 1. The molecule has 0 fully saturated rings. The summed E-state index contributed by atoms with van der Waals surface area (Å²) < 4.78 is 21.6. The zero-order valence-corrected chi connectivity index (χ0v) is 19.4. The molecule has 1 aromatic carbocycles. The highest BCUT2D eigenvalue weighted by molar-refractivity contribution is 7.21. The maximum absolute atomic E-state index is 12.9. The van der Waals surface area contributed by atoms with Crippen LogP contribution in [0.1, 0.15) is 21.0 Å². The Labute approximate surface area is 198 Å². The number of rotatable bonds is 7. The van der Waals surface area contributed by atoms with Gasteiger partial charge in [0.15, 0.2) is 11.5 Å². The quantitative estimate of drug-likeness (QED) is 0.360. The van der Waals surface area contributed by atoms with Gasteiger partial charge in [0.1, 0.15) is 32.9 Å². The van der Waals surface area contributed by atoms with E-state index in [4.69, 9.17) is 30.1 Å². The van der Waals surface area contributed by atoms with Gasteiger partial charge in [0, 0.05) is 10.9 Å². The van der Waals surface area contributed by atoms with Crippen LogP contribution in [0.5, 0.6) is 17.2 Å². The SMILES string of the molecule is COc1cc(-c2c(C#N)c(N)nc3sc(C(=O)NCc4ccco4)c(N)c23)cc(OC)c1OC. The first-order valence-corrected chi connectivity index (χ1v) is 10.8. The standard InChI is InChI=1S/C23H21N5O5S/c1-30-14-7-11(8-15(31-2)19(14)32-3)16-13(9-24)21(26)28-23-17(16)18(25)20(34-23)22(29)27-10-12-5-4-6-33-12/h4-8H,10,25H2,1-3H3,(H2,26,28)(H,27,29). The number of anilines is 2. The van der Waals surface area contributed by atoms with Crippen LogP contribution in [-0.4, -0.2) is 32.2 Å². The average Bonchev–Trinajstić information content (AvgIpc) is 3.48. The fourth-order valence-electron chi connectivity index (χ4n) is 3.63. The Hall–Kier alpha value is -4.43. The third-order valence-electron chi connectivity index (χ3n) is 5.18. The summed E-state index contributed by atoms with van der Waals surface area (Å²) in [5, 5.41) is 13.1. The predicted octanol–water partition coefficient (Wildman–Crippen LogP) is 3.55. The van der Waals surface area contributed by atoms with Gasteiger partial charge in [-0.1, -0.05) is 0 Å². The fourth-order valence-corrected chi connectivity index (χ4v) is 4.66. The second-order valence-corrected chi connectivity index (χ2v) is 8.06. The Morgan fingerprint density at radius 2 is 1.91 bits per heavy atom. The maximum Gasteiger partial charge on any atom is 0.263 e. The summed E-state index contributed by atoms with van der Waals surface area (Å²) in [5.74, 6) is 1.37. The van der Waals surface area contributed by atoms with Gasteiger partial charge in [0.05, 0.1) is 39.8 Å². The normalized spacial score (nSPS) is 10.6. The van der Waals surface area contributed by atoms with E-state index >= 15 is 0 Å². The number of nitrogen functional groups attached to an aromatic ring is 2. The molecular weight excluding hydrogens is 458 g/mol. The zero-order valence-electron chi connectivity index (χ0n) is 18.6. The number of hydrogen-bond acceptors (Lipinski definition) is 10. The number of nitriles is 1. The number of methoxy groups -OCH3 is 3. The first kappa shape index (κ1) is 22.8. The first-order chi connectivity index (χ1) is 16.4. The number of thiophene rings is 1. The summed E-state index contributed by atoms with van der Waals surface area (Å²) in [5.41, 5.74) is 13.8. The van der Waals surface area contributed by atoms with Crippen molar-refractivity contribution >= 4 is 39.0 Å². The van der Waals surface area contributed by atoms with Crippen molar-refractivity contribution in [1.29, 1.82) is 5.26 Å². The number of hydrogen-bond donors (Lipinski definition) is 3. The molecule has 3 aromatic heterocycles. The Morgan fingerprint density at radius 1 is 1.21 bits per heavy atom. The van der Waals surface area contributed by atoms with Gasteiger partial charge in [-0.2, -0.15) is 5.26 Å². The predicted molar refractivity (Wildman–Crippen MR) is 128 cm³/mol. The Balaban J connectivity index is 1.92. The second kappa shape index (κ2) is 9.21. The molecule has 0 aliphatic rings. The molecule has 3 heterocycles. The van der Waals surface area contributed by atoms with Crippen LogP contribution in [0, 0.1) is 11.3 Å². The third-order valence-corrected chi connectivity index (χ3v) is 6.28. The lowest BCUT2D eigenvalue weighted by molar-refractivity contribution is 0.0953. The first-order valence-electron chi connectivity index (χ1n) is 9.95. The molecule has 0 saturated heterocycles. The molecule has 0 saturated carbocycles. The Kier molecular flexibility index (Phi) is 6.16. The minimum atomic E-state index is -0.398. The van der Waals surface area contributed by atoms with E-state index in [-0.39, 0.29) is 28.5 Å². The summed E-state index contributed by atoms with van der Waals surface area (Å²) in [7, 11) is 4.47. The number of nitrogens with one attached hydrogen (secondary N) is 1. The molecule has 0 atom stereocenters. The van der Waals surface area contributed by atoms with E-state index in [2.05, 4.69) is 16.4 Å². The summed E-state index contributed by atoms with van der Waals surface area (Å²) >= 11 is 1.08. The van der Waals surface area contributed by atoms with E-state index in [9.17, 15) is 10.1 Å². The van der Waals surface area contributed by atoms with Crippen molar-refractivity contribution in [3.63, 3.8) is 0 Å². The number of fused-ring (bicyclic) bond motifs is 1. The number of benzene rings is 1. The summed E-state index contributed by atoms with van der Waals surface area (Å²) in [4.78, 5) is 17.9. The van der Waals surface area contributed by atoms with E-state index in [0.29, 0.717) is 44.4 Å². The smallest absolute Gasteiger partial charge is 0.263 e. The highest BCUT2D eigenvalue weighted by Gasteiger charge is 2.26. The van der Waals surface area contributed by atoms with Gasteiger partial charge >= 0.3 is 0 Å². The molecular formula is C23H21N5O5S. The van der Waals surface area contributed by atoms with Crippen molar-refractivity contribution in [1.82, 2.24) is 10.3 Å². The number of carbonyl (C=O) groups is 1. The number of nitrogens with zero attached hydrogens (tertiary/aromatic N) is 2. The highest BCUT2D eigenvalue weighted by atomic mass is 32.1. The number of nitrogens with two attached hydrogens (primary N) is 2. The lowest BCUT2D eigenvalue weighted by Gasteiger charge is -2.16. The summed E-state index contributed by atoms with van der Waals surface area (Å²) in [6, 6.07) is 8.95. The number of aromatic nitrogens is 1. The highest BCUT2D eigenvalue weighted by Crippen LogP contribution is 2.47. The summed E-state index contributed by atoms with van der Waals surface area (Å²) in [6.07, 6.45) is 1.52. The van der Waals surface area contributed by atoms with Crippen molar-refractivity contribution in [2.24, 2.45) is 0 Å². The Bertz CT molecular complexity index is 1400. The van der Waals surface area contributed by atoms with Crippen LogP contribution in [0.4, 0.5) is 11.5 Å². The van der Waals surface area contributed by atoms with Crippen LogP contribution in [0.25, 0.3) is 21.3 Å². The van der Waals surface area contributed by atoms with Gasteiger partial charge < -0.3 is 35.4 Å². The van der Waals surface area contributed by atoms with E-state index < -0.39 is 5.91 Å². The molecule has 10 nitrogen and oxygen atoms in total. The van der Waals surface area contributed by atoms with Crippen LogP contribution in [0.15, 0.2) is 34.9 Å². The van der Waals surface area contributed by atoms with Crippen molar-refractivity contribution in [2.45, 2.75) is 6.54 Å². The molecule has 5 N–H and O–H groups in total. The molecule has 0 aliphatic carbocycles. The van der Waals surface area contributed by atoms with Crippen LogP contribution in [0.3, 0.4) is 0 Å². The number of pyridine rings is 1. The van der Waals surface area contributed by atoms with Gasteiger partial charge in [0.2, 0.25) is 5.75 Å². The third kappa shape index (κ3) is 3.80. The van der Waals surface area contributed by atoms with Gasteiger partial charge in [-0.3, -0.25) is 4.79 Å². The van der Waals surface area contributed by atoms with Crippen LogP contribution >= 0.6 is 11.3 Å². The minimum Gasteiger partial charge on any atom is -0.493 e. The fraction of sp³-hybridized carbons (Fsp3) is 0.174. The van der Waals surface area contributed by atoms with Gasteiger partial charge in [0.25, 0.3) is 5.91 Å². The maximum atomic E-state index is 12.9. The van der Waals surface area contributed by atoms with Gasteiger partial charge in [-0.25, -0.2) is 4.98 Å². The summed E-state index contributed by atoms with van der Waals surface area (Å²) in [6.45, 7) is 0.193. The molecule has 0 radical (unpaired) electrons. The zero-order chi connectivity index (χ0) is 24.4. The second-order valence-electron chi connectivity index (χ2n) is 7.06. The van der Waals surface area contributed by atoms with Crippen LogP contribution < -0.4 is 31.0 Å². The van der Waals surface area contributed by atoms with Gasteiger partial charge in [-0.05, 0) is 29.8 Å². The number of amides is 1. The van der Waals surface area contributed by atoms with Crippen LogP contribution in [0.2, 0.25) is 0 Å². The minimum absolute atomic E-state index is 0.0162. The molecule has 0 bridgehead atoms. The average molecular weight is 480 g/mol. The molecule has 4 aromatic rings. The largest absolute Gasteiger partial charge is 0.493 e. The van der Waals surface area contributed by atoms with Crippen molar-refractivity contribution in [2.75, 3.05) is 32.8 Å². The molecule has 0 spiro atoms. The molecule has 4 rings (SSSR count). The lowest BCUT2D eigenvalue weighted by Crippen LogP contribution is -2.22. The molecule has 0 unspecified atom stereocenters. The molecule has 0 aliphatic heterocycles. The van der Waals surface area contributed by atoms with Gasteiger partial charge in [-0.15, -0.1) is 11.3 Å². The van der Waals surface area contributed by atoms with E-state index in [1.807, 2.05) is 0 Å². The lowest BCUT2D eigenvalue weighted by atomic mass is 9.96. The molecule has 11 heteroatoms. The van der Waals surface area contributed by atoms with E-state index in [1.165, 1.54) is 27.6 Å². The monoisotopic (exact) mass is 479 g/mol. The number of furan rings is 1. The molecule has 174 valence electrons. The van der Waals surface area contributed by atoms with Crippen molar-refractivity contribution in [3.05, 3.63) is 46.7 Å². The topological polar surface area (TPSA) is 159 Å². The van der Waals surface area contributed by atoms with Crippen LogP contribution in [-0.2, 0) is 6.54 Å². The Morgan fingerprint density at radius 3 is 2.47 bits per heavy atom. The van der Waals surface area contributed by atoms with Crippen molar-refractivity contribution in [3.8, 4) is 34.4 Å².